The van der Waals surface area contributed by atoms with Crippen molar-refractivity contribution in [3.63, 3.8) is 0 Å². The van der Waals surface area contributed by atoms with E-state index in [1.54, 1.807) is 6.20 Å². The molecular formula is C19H24N4O. The van der Waals surface area contributed by atoms with Crippen LogP contribution in [0, 0.1) is 0 Å². The van der Waals surface area contributed by atoms with Crippen LogP contribution in [0.2, 0.25) is 0 Å². The van der Waals surface area contributed by atoms with Crippen LogP contribution < -0.4 is 5.32 Å². The highest BCUT2D eigenvalue weighted by Gasteiger charge is 2.33. The number of hydrogen-bond acceptors (Lipinski definition) is 2. The van der Waals surface area contributed by atoms with Crippen molar-refractivity contribution < 1.29 is 4.79 Å². The molecule has 0 saturated heterocycles. The number of nitrogens with zero attached hydrogens (tertiary/aromatic N) is 3. The molecule has 3 heterocycles. The fraction of sp³-hybridized carbons (Fsp3) is 0.474. The quantitative estimate of drug-likeness (QED) is 0.921. The molecule has 1 aliphatic carbocycles. The Morgan fingerprint density at radius 1 is 1.12 bits per heavy atom. The molecule has 1 saturated carbocycles. The zero-order valence-corrected chi connectivity index (χ0v) is 13.9. The Morgan fingerprint density at radius 2 is 2.00 bits per heavy atom. The molecule has 0 spiro atoms. The third-order valence-corrected chi connectivity index (χ3v) is 5.23. The topological polar surface area (TPSA) is 50.2 Å². The monoisotopic (exact) mass is 324 g/mol. The van der Waals surface area contributed by atoms with Gasteiger partial charge in [0.25, 0.3) is 0 Å². The van der Waals surface area contributed by atoms with Gasteiger partial charge < -0.3 is 14.8 Å². The molecule has 1 aliphatic heterocycles. The number of carbonyl (C=O) groups is 1. The third-order valence-electron chi connectivity index (χ3n) is 5.23. The van der Waals surface area contributed by atoms with Crippen molar-refractivity contribution in [2.45, 2.75) is 50.7 Å². The second kappa shape index (κ2) is 6.67. The van der Waals surface area contributed by atoms with Crippen molar-refractivity contribution >= 4 is 6.03 Å². The molecule has 5 heteroatoms. The number of amides is 2. The predicted octanol–water partition coefficient (Wildman–Crippen LogP) is 3.33. The number of urea groups is 1. The summed E-state index contributed by atoms with van der Waals surface area (Å²) in [6.07, 6.45) is 11.7. The Kier molecular flexibility index (Phi) is 4.24. The van der Waals surface area contributed by atoms with Crippen LogP contribution in [0.1, 0.15) is 49.4 Å². The first-order valence-electron chi connectivity index (χ1n) is 8.95. The van der Waals surface area contributed by atoms with Gasteiger partial charge in [-0.3, -0.25) is 4.98 Å². The fourth-order valence-corrected chi connectivity index (χ4v) is 4.00. The lowest BCUT2D eigenvalue weighted by atomic mass is 9.95. The lowest BCUT2D eigenvalue weighted by Crippen LogP contribution is -2.50. The fourth-order valence-electron chi connectivity index (χ4n) is 4.00. The minimum atomic E-state index is -0.0639. The largest absolute Gasteiger partial charge is 0.348 e. The van der Waals surface area contributed by atoms with E-state index in [-0.39, 0.29) is 12.1 Å². The summed E-state index contributed by atoms with van der Waals surface area (Å²) in [7, 11) is 0. The smallest absolute Gasteiger partial charge is 0.318 e. The maximum Gasteiger partial charge on any atom is 0.318 e. The SMILES string of the molecule is O=C(NC1CCCCC1)N1CCn2cccc2[C@H]1c1cccnc1. The zero-order valence-electron chi connectivity index (χ0n) is 13.9. The van der Waals surface area contributed by atoms with Gasteiger partial charge >= 0.3 is 6.03 Å². The van der Waals surface area contributed by atoms with E-state index < -0.39 is 0 Å². The predicted molar refractivity (Wildman–Crippen MR) is 92.6 cm³/mol. The van der Waals surface area contributed by atoms with Gasteiger partial charge in [-0.05, 0) is 36.6 Å². The molecule has 0 aromatic carbocycles. The van der Waals surface area contributed by atoms with E-state index in [2.05, 4.69) is 39.3 Å². The molecule has 0 radical (unpaired) electrons. The molecule has 126 valence electrons. The summed E-state index contributed by atoms with van der Waals surface area (Å²) in [5.41, 5.74) is 2.23. The molecule has 1 atom stereocenters. The zero-order chi connectivity index (χ0) is 16.4. The first kappa shape index (κ1) is 15.2. The normalized spacial score (nSPS) is 21.3. The van der Waals surface area contributed by atoms with E-state index in [0.29, 0.717) is 6.04 Å². The van der Waals surface area contributed by atoms with Gasteiger partial charge in [-0.25, -0.2) is 4.79 Å². The molecule has 24 heavy (non-hydrogen) atoms. The van der Waals surface area contributed by atoms with Gasteiger partial charge in [0.1, 0.15) is 6.04 Å². The number of hydrogen-bond donors (Lipinski definition) is 1. The third kappa shape index (κ3) is 2.90. The van der Waals surface area contributed by atoms with Crippen molar-refractivity contribution in [2.75, 3.05) is 6.54 Å². The van der Waals surface area contributed by atoms with Gasteiger partial charge in [0.15, 0.2) is 0 Å². The molecule has 4 rings (SSSR count). The Hall–Kier alpha value is -2.30. The van der Waals surface area contributed by atoms with Crippen molar-refractivity contribution in [3.8, 4) is 0 Å². The van der Waals surface area contributed by atoms with Gasteiger partial charge in [-0.2, -0.15) is 0 Å². The summed E-state index contributed by atoms with van der Waals surface area (Å²) < 4.78 is 2.24. The van der Waals surface area contributed by atoms with Crippen molar-refractivity contribution in [1.82, 2.24) is 19.8 Å². The highest BCUT2D eigenvalue weighted by atomic mass is 16.2. The molecule has 1 N–H and O–H groups in total. The van der Waals surface area contributed by atoms with Gasteiger partial charge in [-0.1, -0.05) is 25.3 Å². The number of aromatic nitrogens is 2. The molecule has 0 bridgehead atoms. The average Bonchev–Trinajstić information content (AvgIpc) is 3.11. The first-order valence-corrected chi connectivity index (χ1v) is 8.95. The second-order valence-corrected chi connectivity index (χ2v) is 6.79. The Morgan fingerprint density at radius 3 is 2.79 bits per heavy atom. The van der Waals surface area contributed by atoms with Crippen LogP contribution in [-0.2, 0) is 6.54 Å². The maximum absolute atomic E-state index is 13.0. The van der Waals surface area contributed by atoms with E-state index in [9.17, 15) is 4.79 Å². The Labute approximate surface area is 142 Å². The molecule has 2 aromatic heterocycles. The molecule has 0 unspecified atom stereocenters. The molecule has 1 fully saturated rings. The lowest BCUT2D eigenvalue weighted by Gasteiger charge is -2.38. The minimum absolute atomic E-state index is 0.0585. The second-order valence-electron chi connectivity index (χ2n) is 6.79. The van der Waals surface area contributed by atoms with Gasteiger partial charge in [-0.15, -0.1) is 0 Å². The van der Waals surface area contributed by atoms with E-state index in [1.165, 1.54) is 19.3 Å². The maximum atomic E-state index is 13.0. The molecule has 2 aliphatic rings. The van der Waals surface area contributed by atoms with Gasteiger partial charge in [0.05, 0.1) is 0 Å². The van der Waals surface area contributed by atoms with E-state index in [1.807, 2.05) is 17.2 Å². The van der Waals surface area contributed by atoms with Crippen molar-refractivity contribution in [3.05, 3.63) is 54.1 Å². The van der Waals surface area contributed by atoms with Crippen LogP contribution >= 0.6 is 0 Å². The highest BCUT2D eigenvalue weighted by Crippen LogP contribution is 2.32. The Balaban J connectivity index is 1.60. The van der Waals surface area contributed by atoms with Crippen molar-refractivity contribution in [1.29, 1.82) is 0 Å². The molecule has 2 amide bonds. The highest BCUT2D eigenvalue weighted by molar-refractivity contribution is 5.76. The van der Waals surface area contributed by atoms with Crippen LogP contribution in [0.25, 0.3) is 0 Å². The summed E-state index contributed by atoms with van der Waals surface area (Å²) in [4.78, 5) is 19.2. The van der Waals surface area contributed by atoms with Crippen LogP contribution in [0.15, 0.2) is 42.9 Å². The summed E-state index contributed by atoms with van der Waals surface area (Å²) in [5.74, 6) is 0. The average molecular weight is 324 g/mol. The molecular weight excluding hydrogens is 300 g/mol. The van der Waals surface area contributed by atoms with E-state index in [0.717, 1.165) is 37.2 Å². The van der Waals surface area contributed by atoms with Crippen LogP contribution in [-0.4, -0.2) is 33.1 Å². The van der Waals surface area contributed by atoms with Crippen LogP contribution in [0.3, 0.4) is 0 Å². The van der Waals surface area contributed by atoms with E-state index in [4.69, 9.17) is 0 Å². The standard InChI is InChI=1S/C19H24N4O/c24-19(21-16-7-2-1-3-8-16)23-13-12-22-11-5-9-17(22)18(23)15-6-4-10-20-14-15/h4-6,9-11,14,16,18H,1-3,7-8,12-13H2,(H,21,24)/t18-/m1/s1. The number of carbonyl (C=O) groups excluding carboxylic acids is 1. The van der Waals surface area contributed by atoms with Gasteiger partial charge in [0, 0.05) is 43.4 Å². The minimum Gasteiger partial charge on any atom is -0.348 e. The number of fused-ring (bicyclic) bond motifs is 1. The summed E-state index contributed by atoms with van der Waals surface area (Å²) in [6, 6.07) is 8.48. The Bertz CT molecular complexity index is 690. The number of nitrogens with one attached hydrogen (secondary N) is 1. The lowest BCUT2D eigenvalue weighted by molar-refractivity contribution is 0.162. The summed E-state index contributed by atoms with van der Waals surface area (Å²) in [6.45, 7) is 1.57. The summed E-state index contributed by atoms with van der Waals surface area (Å²) in [5, 5.41) is 3.27. The number of pyridine rings is 1. The molecule has 5 nitrogen and oxygen atoms in total. The van der Waals surface area contributed by atoms with Crippen LogP contribution in [0.4, 0.5) is 4.79 Å². The number of rotatable bonds is 2. The first-order chi connectivity index (χ1) is 11.8. The van der Waals surface area contributed by atoms with Gasteiger partial charge in [0.2, 0.25) is 0 Å². The van der Waals surface area contributed by atoms with Crippen LogP contribution in [0.5, 0.6) is 0 Å². The molecule has 2 aromatic rings. The van der Waals surface area contributed by atoms with E-state index >= 15 is 0 Å². The summed E-state index contributed by atoms with van der Waals surface area (Å²) >= 11 is 0. The van der Waals surface area contributed by atoms with Crippen molar-refractivity contribution in [2.24, 2.45) is 0 Å².